The van der Waals surface area contributed by atoms with Gasteiger partial charge in [0.15, 0.2) is 0 Å². The Hall–Kier alpha value is -4.07. The molecule has 0 radical (unpaired) electrons. The first-order valence-corrected chi connectivity index (χ1v) is 10.3. The number of aromatic nitrogens is 3. The first-order valence-electron chi connectivity index (χ1n) is 10.3. The largest absolute Gasteiger partial charge is 0.497 e. The summed E-state index contributed by atoms with van der Waals surface area (Å²) in [5.74, 6) is 1.31. The number of ether oxygens (including phenoxy) is 1. The Bertz CT molecular complexity index is 1210. The molecule has 0 aliphatic heterocycles. The predicted molar refractivity (Wildman–Crippen MR) is 122 cm³/mol. The van der Waals surface area contributed by atoms with Crippen LogP contribution in [0.4, 0.5) is 10.5 Å². The van der Waals surface area contributed by atoms with Gasteiger partial charge in [0.05, 0.1) is 29.9 Å². The van der Waals surface area contributed by atoms with E-state index in [0.29, 0.717) is 24.5 Å². The highest BCUT2D eigenvalue weighted by molar-refractivity contribution is 5.91. The minimum Gasteiger partial charge on any atom is -0.497 e. The van der Waals surface area contributed by atoms with Crippen LogP contribution in [0.1, 0.15) is 17.1 Å². The van der Waals surface area contributed by atoms with E-state index in [1.54, 1.807) is 13.4 Å². The molecule has 0 unspecified atom stereocenters. The molecule has 2 heterocycles. The number of hydrogen-bond acceptors (Lipinski definition) is 5. The fourth-order valence-corrected chi connectivity index (χ4v) is 3.40. The Labute approximate surface area is 186 Å². The molecule has 164 valence electrons. The summed E-state index contributed by atoms with van der Waals surface area (Å²) < 4.78 is 12.6. The average molecular weight is 431 g/mol. The number of amides is 2. The Morgan fingerprint density at radius 1 is 1.12 bits per heavy atom. The lowest BCUT2D eigenvalue weighted by molar-refractivity contribution is 0.252. The van der Waals surface area contributed by atoms with Crippen molar-refractivity contribution >= 4 is 11.7 Å². The maximum Gasteiger partial charge on any atom is 0.319 e. The molecule has 0 atom stereocenters. The number of anilines is 1. The molecule has 8 heteroatoms. The van der Waals surface area contributed by atoms with Gasteiger partial charge in [-0.05, 0) is 56.3 Å². The van der Waals surface area contributed by atoms with Gasteiger partial charge in [0.2, 0.25) is 5.89 Å². The van der Waals surface area contributed by atoms with Crippen molar-refractivity contribution < 1.29 is 13.9 Å². The van der Waals surface area contributed by atoms with E-state index in [2.05, 4.69) is 20.7 Å². The normalized spacial score (nSPS) is 10.7. The molecule has 2 aromatic carbocycles. The first kappa shape index (κ1) is 21.2. The van der Waals surface area contributed by atoms with E-state index in [4.69, 9.17) is 9.15 Å². The number of carbonyl (C=O) groups excluding carboxylic acids is 1. The summed E-state index contributed by atoms with van der Waals surface area (Å²) in [7, 11) is 1.62. The van der Waals surface area contributed by atoms with Crippen molar-refractivity contribution in [1.82, 2.24) is 20.1 Å². The van der Waals surface area contributed by atoms with Crippen molar-refractivity contribution in [3.63, 3.8) is 0 Å². The number of para-hydroxylation sites is 2. The molecule has 0 aliphatic rings. The lowest BCUT2D eigenvalue weighted by Gasteiger charge is -2.13. The molecule has 0 spiro atoms. The van der Waals surface area contributed by atoms with E-state index in [1.165, 1.54) is 0 Å². The Balaban J connectivity index is 1.34. The molecular formula is C24H25N5O3. The third-order valence-electron chi connectivity index (χ3n) is 4.95. The molecular weight excluding hydrogens is 406 g/mol. The van der Waals surface area contributed by atoms with Gasteiger partial charge in [0.1, 0.15) is 12.0 Å². The SMILES string of the molecule is COc1ccc(-c2nc(CCNC(=O)Nc3ccccc3-n3nc(C)cc3C)co2)cc1. The van der Waals surface area contributed by atoms with Crippen LogP contribution in [0, 0.1) is 13.8 Å². The number of aryl methyl sites for hydroxylation is 2. The lowest BCUT2D eigenvalue weighted by Crippen LogP contribution is -2.31. The Morgan fingerprint density at radius 3 is 2.62 bits per heavy atom. The van der Waals surface area contributed by atoms with Crippen molar-refractivity contribution in [2.75, 3.05) is 19.0 Å². The maximum atomic E-state index is 12.5. The van der Waals surface area contributed by atoms with Crippen LogP contribution in [-0.4, -0.2) is 34.5 Å². The van der Waals surface area contributed by atoms with Gasteiger partial charge in [-0.3, -0.25) is 0 Å². The minimum atomic E-state index is -0.294. The highest BCUT2D eigenvalue weighted by Crippen LogP contribution is 2.23. The predicted octanol–water partition coefficient (Wildman–Crippen LogP) is 4.52. The number of urea groups is 1. The van der Waals surface area contributed by atoms with E-state index in [0.717, 1.165) is 34.1 Å². The second-order valence-corrected chi connectivity index (χ2v) is 7.36. The molecule has 0 fully saturated rings. The van der Waals surface area contributed by atoms with Crippen LogP contribution in [0.5, 0.6) is 5.75 Å². The molecule has 32 heavy (non-hydrogen) atoms. The third kappa shape index (κ3) is 4.80. The van der Waals surface area contributed by atoms with Crippen LogP contribution >= 0.6 is 0 Å². The zero-order valence-electron chi connectivity index (χ0n) is 18.3. The molecule has 2 aromatic heterocycles. The first-order chi connectivity index (χ1) is 15.5. The van der Waals surface area contributed by atoms with E-state index in [-0.39, 0.29) is 6.03 Å². The molecule has 8 nitrogen and oxygen atoms in total. The van der Waals surface area contributed by atoms with Crippen LogP contribution in [0.3, 0.4) is 0 Å². The number of nitrogens with zero attached hydrogens (tertiary/aromatic N) is 3. The van der Waals surface area contributed by atoms with E-state index in [9.17, 15) is 4.79 Å². The molecule has 2 amide bonds. The van der Waals surface area contributed by atoms with Gasteiger partial charge < -0.3 is 19.8 Å². The fraction of sp³-hybridized carbons (Fsp3) is 0.208. The summed E-state index contributed by atoms with van der Waals surface area (Å²) in [5, 5.41) is 10.3. The topological polar surface area (TPSA) is 94.2 Å². The summed E-state index contributed by atoms with van der Waals surface area (Å²) in [4.78, 5) is 16.9. The van der Waals surface area contributed by atoms with Crippen molar-refractivity contribution in [1.29, 1.82) is 0 Å². The monoisotopic (exact) mass is 431 g/mol. The van der Waals surface area contributed by atoms with Gasteiger partial charge >= 0.3 is 6.03 Å². The van der Waals surface area contributed by atoms with Crippen LogP contribution < -0.4 is 15.4 Å². The number of hydrogen-bond donors (Lipinski definition) is 2. The van der Waals surface area contributed by atoms with Gasteiger partial charge in [-0.1, -0.05) is 12.1 Å². The van der Waals surface area contributed by atoms with Crippen LogP contribution in [0.25, 0.3) is 17.1 Å². The summed E-state index contributed by atoms with van der Waals surface area (Å²) in [5.41, 5.74) is 5.04. The number of carbonyl (C=O) groups is 1. The van der Waals surface area contributed by atoms with Gasteiger partial charge in [0.25, 0.3) is 0 Å². The summed E-state index contributed by atoms with van der Waals surface area (Å²) in [6.07, 6.45) is 2.16. The van der Waals surface area contributed by atoms with Gasteiger partial charge in [-0.25, -0.2) is 14.5 Å². The smallest absolute Gasteiger partial charge is 0.319 e. The average Bonchev–Trinajstić information content (AvgIpc) is 3.40. The van der Waals surface area contributed by atoms with E-state index >= 15 is 0 Å². The lowest BCUT2D eigenvalue weighted by atomic mass is 10.2. The molecule has 2 N–H and O–H groups in total. The molecule has 0 bridgehead atoms. The molecule has 0 saturated carbocycles. The molecule has 4 rings (SSSR count). The van der Waals surface area contributed by atoms with Crippen molar-refractivity contribution in [2.45, 2.75) is 20.3 Å². The summed E-state index contributed by atoms with van der Waals surface area (Å²) in [6, 6.07) is 16.8. The zero-order chi connectivity index (χ0) is 22.5. The van der Waals surface area contributed by atoms with Gasteiger partial charge in [-0.2, -0.15) is 5.10 Å². The van der Waals surface area contributed by atoms with Crippen molar-refractivity contribution in [2.24, 2.45) is 0 Å². The molecule has 0 aliphatic carbocycles. The van der Waals surface area contributed by atoms with Crippen molar-refractivity contribution in [3.05, 3.63) is 77.9 Å². The second kappa shape index (κ2) is 9.38. The van der Waals surface area contributed by atoms with E-state index < -0.39 is 0 Å². The summed E-state index contributed by atoms with van der Waals surface area (Å²) >= 11 is 0. The van der Waals surface area contributed by atoms with Crippen LogP contribution in [0.2, 0.25) is 0 Å². The number of nitrogens with one attached hydrogen (secondary N) is 2. The second-order valence-electron chi connectivity index (χ2n) is 7.36. The summed E-state index contributed by atoms with van der Waals surface area (Å²) in [6.45, 7) is 4.34. The quantitative estimate of drug-likeness (QED) is 0.449. The van der Waals surface area contributed by atoms with Crippen molar-refractivity contribution in [3.8, 4) is 22.9 Å². The zero-order valence-corrected chi connectivity index (χ0v) is 18.3. The van der Waals surface area contributed by atoms with Gasteiger partial charge in [-0.15, -0.1) is 0 Å². The molecule has 4 aromatic rings. The molecule has 0 saturated heterocycles. The highest BCUT2D eigenvalue weighted by Gasteiger charge is 2.12. The van der Waals surface area contributed by atoms with E-state index in [1.807, 2.05) is 73.1 Å². The third-order valence-corrected chi connectivity index (χ3v) is 4.95. The number of methoxy groups -OCH3 is 1. The van der Waals surface area contributed by atoms with Crippen LogP contribution in [0.15, 0.2) is 65.3 Å². The maximum absolute atomic E-state index is 12.5. The number of oxazole rings is 1. The standard InChI is InChI=1S/C24H25N5O3/c1-16-14-17(2)29(28-16)22-7-5-4-6-21(22)27-24(30)25-13-12-19-15-32-23(26-19)18-8-10-20(31-3)11-9-18/h4-11,14-15H,12-13H2,1-3H3,(H2,25,27,30). The fourth-order valence-electron chi connectivity index (χ4n) is 3.40. The van der Waals surface area contributed by atoms with Gasteiger partial charge in [0, 0.05) is 24.2 Å². The van der Waals surface area contributed by atoms with Crippen LogP contribution in [-0.2, 0) is 6.42 Å². The minimum absolute atomic E-state index is 0.294. The number of rotatable bonds is 7. The highest BCUT2D eigenvalue weighted by atomic mass is 16.5. The number of benzene rings is 2. The Kier molecular flexibility index (Phi) is 6.21. The Morgan fingerprint density at radius 2 is 1.91 bits per heavy atom.